The molecule has 1 amide bonds. The maximum absolute atomic E-state index is 12.5. The summed E-state index contributed by atoms with van der Waals surface area (Å²) >= 11 is 0. The number of aryl methyl sites for hydroxylation is 1. The lowest BCUT2D eigenvalue weighted by Crippen LogP contribution is -2.38. The molecule has 0 atom stereocenters. The Hall–Kier alpha value is -3.16. The van der Waals surface area contributed by atoms with Crippen molar-refractivity contribution >= 4 is 17.6 Å². The van der Waals surface area contributed by atoms with Gasteiger partial charge in [-0.3, -0.25) is 9.59 Å². The first-order valence-corrected chi connectivity index (χ1v) is 9.13. The van der Waals surface area contributed by atoms with Crippen molar-refractivity contribution in [2.24, 2.45) is 0 Å². The average Bonchev–Trinajstić information content (AvgIpc) is 2.72. The average molecular weight is 405 g/mol. The van der Waals surface area contributed by atoms with Crippen molar-refractivity contribution in [2.75, 3.05) is 25.2 Å². The van der Waals surface area contributed by atoms with E-state index in [-0.39, 0.29) is 24.7 Å². The van der Waals surface area contributed by atoms with E-state index in [0.717, 1.165) is 29.8 Å². The SMILES string of the molecule is COc1ccc2c(c1)CCCN2C(=O)COC(=O)Cc1ccc(OC(F)F)cc1. The molecule has 2 aromatic carbocycles. The van der Waals surface area contributed by atoms with Crippen LogP contribution in [-0.2, 0) is 27.2 Å². The number of fused-ring (bicyclic) bond motifs is 1. The summed E-state index contributed by atoms with van der Waals surface area (Å²) in [5, 5.41) is 0. The smallest absolute Gasteiger partial charge is 0.387 e. The van der Waals surface area contributed by atoms with E-state index in [9.17, 15) is 18.4 Å². The highest BCUT2D eigenvalue weighted by atomic mass is 19.3. The van der Waals surface area contributed by atoms with Gasteiger partial charge < -0.3 is 19.1 Å². The summed E-state index contributed by atoms with van der Waals surface area (Å²) < 4.78 is 38.9. The van der Waals surface area contributed by atoms with Gasteiger partial charge in [0.1, 0.15) is 11.5 Å². The lowest BCUT2D eigenvalue weighted by Gasteiger charge is -2.29. The second-order valence-corrected chi connectivity index (χ2v) is 6.50. The number of halogens is 2. The van der Waals surface area contributed by atoms with Crippen molar-refractivity contribution in [2.45, 2.75) is 25.9 Å². The van der Waals surface area contributed by atoms with Crippen LogP contribution in [0.25, 0.3) is 0 Å². The number of amides is 1. The van der Waals surface area contributed by atoms with Gasteiger partial charge in [-0.05, 0) is 54.3 Å². The molecule has 1 heterocycles. The number of hydrogen-bond acceptors (Lipinski definition) is 5. The number of alkyl halides is 2. The molecule has 0 fully saturated rings. The second-order valence-electron chi connectivity index (χ2n) is 6.50. The Morgan fingerprint density at radius 1 is 1.10 bits per heavy atom. The highest BCUT2D eigenvalue weighted by molar-refractivity contribution is 5.96. The van der Waals surface area contributed by atoms with Gasteiger partial charge in [-0.1, -0.05) is 12.1 Å². The van der Waals surface area contributed by atoms with Crippen LogP contribution in [0.1, 0.15) is 17.5 Å². The number of carbonyl (C=O) groups excluding carboxylic acids is 2. The quantitative estimate of drug-likeness (QED) is 0.661. The molecule has 1 aliphatic heterocycles. The summed E-state index contributed by atoms with van der Waals surface area (Å²) in [6.45, 7) is -2.71. The Balaban J connectivity index is 1.54. The Morgan fingerprint density at radius 2 is 1.83 bits per heavy atom. The molecule has 0 radical (unpaired) electrons. The van der Waals surface area contributed by atoms with E-state index in [1.807, 2.05) is 12.1 Å². The van der Waals surface area contributed by atoms with Crippen LogP contribution < -0.4 is 14.4 Å². The van der Waals surface area contributed by atoms with Gasteiger partial charge in [-0.2, -0.15) is 8.78 Å². The van der Waals surface area contributed by atoms with Crippen LogP contribution in [-0.4, -0.2) is 38.7 Å². The Kier molecular flexibility index (Phi) is 6.64. The fourth-order valence-electron chi connectivity index (χ4n) is 3.19. The highest BCUT2D eigenvalue weighted by Gasteiger charge is 2.23. The number of nitrogens with zero attached hydrogens (tertiary/aromatic N) is 1. The van der Waals surface area contributed by atoms with Gasteiger partial charge in [-0.15, -0.1) is 0 Å². The maximum atomic E-state index is 12.5. The zero-order valence-electron chi connectivity index (χ0n) is 15.9. The molecule has 8 heteroatoms. The number of hydrogen-bond donors (Lipinski definition) is 0. The molecule has 0 N–H and O–H groups in total. The largest absolute Gasteiger partial charge is 0.497 e. The lowest BCUT2D eigenvalue weighted by molar-refractivity contribution is -0.147. The molecule has 29 heavy (non-hydrogen) atoms. The minimum absolute atomic E-state index is 0.00712. The van der Waals surface area contributed by atoms with Crippen molar-refractivity contribution in [3.05, 3.63) is 53.6 Å². The van der Waals surface area contributed by atoms with Crippen LogP contribution in [0.3, 0.4) is 0 Å². The number of ether oxygens (including phenoxy) is 3. The third-order valence-electron chi connectivity index (χ3n) is 4.56. The zero-order valence-corrected chi connectivity index (χ0v) is 15.9. The van der Waals surface area contributed by atoms with Gasteiger partial charge in [-0.25, -0.2) is 0 Å². The van der Waals surface area contributed by atoms with Crippen molar-refractivity contribution in [3.8, 4) is 11.5 Å². The van der Waals surface area contributed by atoms with Gasteiger partial charge in [0.15, 0.2) is 6.61 Å². The van der Waals surface area contributed by atoms with Crippen LogP contribution in [0.5, 0.6) is 11.5 Å². The summed E-state index contributed by atoms with van der Waals surface area (Å²) in [5.41, 5.74) is 2.38. The van der Waals surface area contributed by atoms with E-state index in [4.69, 9.17) is 9.47 Å². The number of esters is 1. The highest BCUT2D eigenvalue weighted by Crippen LogP contribution is 2.30. The molecule has 3 rings (SSSR count). The van der Waals surface area contributed by atoms with Crippen LogP contribution in [0.15, 0.2) is 42.5 Å². The van der Waals surface area contributed by atoms with E-state index >= 15 is 0 Å². The van der Waals surface area contributed by atoms with E-state index in [1.165, 1.54) is 24.3 Å². The molecule has 0 spiro atoms. The van der Waals surface area contributed by atoms with Gasteiger partial charge in [0, 0.05) is 12.2 Å². The Labute approximate surface area is 167 Å². The first-order valence-electron chi connectivity index (χ1n) is 9.13. The van der Waals surface area contributed by atoms with Crippen LogP contribution in [0, 0.1) is 0 Å². The van der Waals surface area contributed by atoms with Crippen LogP contribution in [0.2, 0.25) is 0 Å². The third-order valence-corrected chi connectivity index (χ3v) is 4.56. The lowest BCUT2D eigenvalue weighted by atomic mass is 10.0. The minimum Gasteiger partial charge on any atom is -0.497 e. The summed E-state index contributed by atoms with van der Waals surface area (Å²) in [5.74, 6) is -0.139. The number of methoxy groups -OCH3 is 1. The molecule has 0 aromatic heterocycles. The number of carbonyl (C=O) groups is 2. The number of rotatable bonds is 7. The summed E-state index contributed by atoms with van der Waals surface area (Å²) in [6.07, 6.45) is 1.59. The summed E-state index contributed by atoms with van der Waals surface area (Å²) in [7, 11) is 1.59. The monoisotopic (exact) mass is 405 g/mol. The standard InChI is InChI=1S/C21H21F2NO5/c1-27-17-8-9-18-15(12-17)3-2-10-24(18)19(25)13-28-20(26)11-14-4-6-16(7-5-14)29-21(22)23/h4-9,12,21H,2-3,10-11,13H2,1H3. The minimum atomic E-state index is -2.90. The van der Waals surface area contributed by atoms with Crippen LogP contribution in [0.4, 0.5) is 14.5 Å². The predicted octanol–water partition coefficient (Wildman–Crippen LogP) is 3.36. The first-order chi connectivity index (χ1) is 14.0. The van der Waals surface area contributed by atoms with Crippen molar-refractivity contribution in [1.29, 1.82) is 0 Å². The normalized spacial score (nSPS) is 13.0. The molecular weight excluding hydrogens is 384 g/mol. The predicted molar refractivity (Wildman–Crippen MR) is 101 cm³/mol. The molecule has 0 unspecified atom stereocenters. The molecule has 154 valence electrons. The third kappa shape index (κ3) is 5.43. The topological polar surface area (TPSA) is 65.1 Å². The first kappa shape index (κ1) is 20.6. The van der Waals surface area contributed by atoms with Crippen molar-refractivity contribution in [1.82, 2.24) is 0 Å². The Bertz CT molecular complexity index is 870. The summed E-state index contributed by atoms with van der Waals surface area (Å²) in [6, 6.07) is 11.2. The molecule has 0 saturated carbocycles. The molecule has 0 bridgehead atoms. The molecule has 6 nitrogen and oxygen atoms in total. The Morgan fingerprint density at radius 3 is 2.52 bits per heavy atom. The van der Waals surface area contributed by atoms with Gasteiger partial charge in [0.2, 0.25) is 0 Å². The molecular formula is C21H21F2NO5. The van der Waals surface area contributed by atoms with E-state index < -0.39 is 12.6 Å². The number of anilines is 1. The zero-order chi connectivity index (χ0) is 20.8. The van der Waals surface area contributed by atoms with Crippen molar-refractivity contribution in [3.63, 3.8) is 0 Å². The molecule has 0 aliphatic carbocycles. The van der Waals surface area contributed by atoms with Crippen molar-refractivity contribution < 1.29 is 32.6 Å². The van der Waals surface area contributed by atoms with Crippen LogP contribution >= 0.6 is 0 Å². The summed E-state index contributed by atoms with van der Waals surface area (Å²) in [4.78, 5) is 26.2. The van der Waals surface area contributed by atoms with E-state index in [2.05, 4.69) is 4.74 Å². The second kappa shape index (κ2) is 9.36. The maximum Gasteiger partial charge on any atom is 0.387 e. The van der Waals surface area contributed by atoms with E-state index in [1.54, 1.807) is 18.1 Å². The van der Waals surface area contributed by atoms with E-state index in [0.29, 0.717) is 12.1 Å². The van der Waals surface area contributed by atoms with Gasteiger partial charge in [0.25, 0.3) is 5.91 Å². The fraction of sp³-hybridized carbons (Fsp3) is 0.333. The van der Waals surface area contributed by atoms with Gasteiger partial charge >= 0.3 is 12.6 Å². The molecule has 0 saturated heterocycles. The molecule has 2 aromatic rings. The molecule has 1 aliphatic rings. The fourth-order valence-corrected chi connectivity index (χ4v) is 3.19. The number of benzene rings is 2. The van der Waals surface area contributed by atoms with Gasteiger partial charge in [0.05, 0.1) is 13.5 Å².